The summed E-state index contributed by atoms with van der Waals surface area (Å²) in [6, 6.07) is 13.4. The zero-order valence-electron chi connectivity index (χ0n) is 15.2. The Balaban J connectivity index is 1.57. The highest BCUT2D eigenvalue weighted by atomic mass is 19.2. The average Bonchev–Trinajstić information content (AvgIpc) is 2.92. The second-order valence-corrected chi connectivity index (χ2v) is 6.83. The van der Waals surface area contributed by atoms with Crippen molar-refractivity contribution in [2.75, 3.05) is 13.2 Å². The Kier molecular flexibility index (Phi) is 5.32. The first-order chi connectivity index (χ1) is 13.6. The fourth-order valence-electron chi connectivity index (χ4n) is 3.42. The van der Waals surface area contributed by atoms with Crippen molar-refractivity contribution in [3.63, 3.8) is 0 Å². The molecule has 0 spiro atoms. The standard InChI is InChI=1S/C22H20F2N2O2/c23-19-5-1-3-17(21(19)24)13-26-9-10-28-20-7-6-15(11-18(20)14-26)22(27)16-4-2-8-25-12-16/h1-8,11-12,22,27H,9-10,13-14H2. The predicted molar refractivity (Wildman–Crippen MR) is 101 cm³/mol. The van der Waals surface area contributed by atoms with Gasteiger partial charge in [0.1, 0.15) is 18.5 Å². The molecule has 1 aromatic heterocycles. The number of benzene rings is 2. The topological polar surface area (TPSA) is 45.6 Å². The van der Waals surface area contributed by atoms with Gasteiger partial charge in [0.15, 0.2) is 11.6 Å². The zero-order valence-corrected chi connectivity index (χ0v) is 15.2. The van der Waals surface area contributed by atoms with Crippen LogP contribution in [-0.4, -0.2) is 28.1 Å². The van der Waals surface area contributed by atoms with Gasteiger partial charge in [0.25, 0.3) is 0 Å². The van der Waals surface area contributed by atoms with E-state index in [1.165, 1.54) is 6.07 Å². The fourth-order valence-corrected chi connectivity index (χ4v) is 3.42. The Morgan fingerprint density at radius 1 is 1.11 bits per heavy atom. The number of ether oxygens (including phenoxy) is 1. The largest absolute Gasteiger partial charge is 0.492 e. The first kappa shape index (κ1) is 18.5. The van der Waals surface area contributed by atoms with Crippen LogP contribution in [0.15, 0.2) is 60.9 Å². The number of hydrogen-bond donors (Lipinski definition) is 1. The molecule has 1 unspecified atom stereocenters. The molecule has 0 bridgehead atoms. The second kappa shape index (κ2) is 8.04. The summed E-state index contributed by atoms with van der Waals surface area (Å²) in [5.41, 5.74) is 2.65. The molecule has 6 heteroatoms. The van der Waals surface area contributed by atoms with Gasteiger partial charge in [-0.2, -0.15) is 0 Å². The fraction of sp³-hybridized carbons (Fsp3) is 0.227. The molecule has 4 rings (SSSR count). The Hall–Kier alpha value is -2.83. The molecule has 0 saturated carbocycles. The number of pyridine rings is 1. The summed E-state index contributed by atoms with van der Waals surface area (Å²) in [6.07, 6.45) is 2.49. The minimum atomic E-state index is -0.842. The van der Waals surface area contributed by atoms with Crippen LogP contribution in [0.5, 0.6) is 5.75 Å². The SMILES string of the molecule is OC(c1cccnc1)c1ccc2c(c1)CN(Cc1cccc(F)c1F)CCO2. The van der Waals surface area contributed by atoms with Gasteiger partial charge in [0.2, 0.25) is 0 Å². The summed E-state index contributed by atoms with van der Waals surface area (Å²) < 4.78 is 33.4. The van der Waals surface area contributed by atoms with Gasteiger partial charge in [-0.1, -0.05) is 24.3 Å². The Morgan fingerprint density at radius 3 is 2.82 bits per heavy atom. The van der Waals surface area contributed by atoms with Crippen LogP contribution in [0.4, 0.5) is 8.78 Å². The van der Waals surface area contributed by atoms with Crippen LogP contribution in [0.2, 0.25) is 0 Å². The van der Waals surface area contributed by atoms with Crippen molar-refractivity contribution in [3.05, 3.63) is 94.8 Å². The molecule has 1 aliphatic heterocycles. The van der Waals surface area contributed by atoms with Crippen LogP contribution in [0.3, 0.4) is 0 Å². The normalized spacial score (nSPS) is 15.4. The molecule has 0 fully saturated rings. The van der Waals surface area contributed by atoms with Crippen molar-refractivity contribution in [2.24, 2.45) is 0 Å². The summed E-state index contributed by atoms with van der Waals surface area (Å²) >= 11 is 0. The maximum atomic E-state index is 14.0. The lowest BCUT2D eigenvalue weighted by Crippen LogP contribution is -2.25. The number of rotatable bonds is 4. The molecule has 0 aliphatic carbocycles. The molecule has 1 aliphatic rings. The molecule has 28 heavy (non-hydrogen) atoms. The van der Waals surface area contributed by atoms with Crippen molar-refractivity contribution >= 4 is 0 Å². The van der Waals surface area contributed by atoms with E-state index in [1.54, 1.807) is 24.5 Å². The average molecular weight is 382 g/mol. The number of aliphatic hydroxyl groups excluding tert-OH is 1. The summed E-state index contributed by atoms with van der Waals surface area (Å²) in [5, 5.41) is 10.6. The van der Waals surface area contributed by atoms with E-state index in [4.69, 9.17) is 4.74 Å². The number of nitrogens with zero attached hydrogens (tertiary/aromatic N) is 2. The maximum Gasteiger partial charge on any atom is 0.163 e. The second-order valence-electron chi connectivity index (χ2n) is 6.83. The molecule has 2 heterocycles. The third-order valence-electron chi connectivity index (χ3n) is 4.88. The van der Waals surface area contributed by atoms with Crippen LogP contribution < -0.4 is 4.74 Å². The van der Waals surface area contributed by atoms with Crippen molar-refractivity contribution in [1.82, 2.24) is 9.88 Å². The lowest BCUT2D eigenvalue weighted by molar-refractivity contribution is 0.216. The van der Waals surface area contributed by atoms with Gasteiger partial charge in [-0.05, 0) is 29.8 Å². The quantitative estimate of drug-likeness (QED) is 0.745. The number of fused-ring (bicyclic) bond motifs is 1. The molecular formula is C22H20F2N2O2. The van der Waals surface area contributed by atoms with E-state index in [0.29, 0.717) is 30.8 Å². The van der Waals surface area contributed by atoms with E-state index in [2.05, 4.69) is 4.98 Å². The number of aliphatic hydroxyl groups is 1. The summed E-state index contributed by atoms with van der Waals surface area (Å²) in [5.74, 6) is -0.913. The van der Waals surface area contributed by atoms with E-state index < -0.39 is 17.7 Å². The van der Waals surface area contributed by atoms with Gasteiger partial charge in [-0.3, -0.25) is 9.88 Å². The molecule has 1 N–H and O–H groups in total. The molecule has 144 valence electrons. The molecule has 0 radical (unpaired) electrons. The number of halogens is 2. The van der Waals surface area contributed by atoms with E-state index in [9.17, 15) is 13.9 Å². The molecule has 3 aromatic rings. The zero-order chi connectivity index (χ0) is 19.5. The number of hydrogen-bond acceptors (Lipinski definition) is 4. The Bertz CT molecular complexity index is 966. The van der Waals surface area contributed by atoms with Crippen LogP contribution in [0.1, 0.15) is 28.4 Å². The van der Waals surface area contributed by atoms with Crippen molar-refractivity contribution in [1.29, 1.82) is 0 Å². The Labute approximate surface area is 162 Å². The van der Waals surface area contributed by atoms with E-state index in [-0.39, 0.29) is 6.54 Å². The van der Waals surface area contributed by atoms with Gasteiger partial charge < -0.3 is 9.84 Å². The number of aromatic nitrogens is 1. The van der Waals surface area contributed by atoms with Crippen LogP contribution in [0, 0.1) is 11.6 Å². The lowest BCUT2D eigenvalue weighted by Gasteiger charge is -2.20. The predicted octanol–water partition coefficient (Wildman–Crippen LogP) is 3.84. The molecule has 0 amide bonds. The van der Waals surface area contributed by atoms with Gasteiger partial charge in [-0.25, -0.2) is 8.78 Å². The highest BCUT2D eigenvalue weighted by Crippen LogP contribution is 2.30. The molecule has 0 saturated heterocycles. The van der Waals surface area contributed by atoms with E-state index in [1.807, 2.05) is 29.2 Å². The highest BCUT2D eigenvalue weighted by molar-refractivity contribution is 5.41. The van der Waals surface area contributed by atoms with E-state index in [0.717, 1.165) is 22.9 Å². The lowest BCUT2D eigenvalue weighted by atomic mass is 10.00. The third kappa shape index (κ3) is 3.88. The van der Waals surface area contributed by atoms with Gasteiger partial charge in [0.05, 0.1) is 0 Å². The highest BCUT2D eigenvalue weighted by Gasteiger charge is 2.20. The monoisotopic (exact) mass is 382 g/mol. The van der Waals surface area contributed by atoms with Crippen LogP contribution >= 0.6 is 0 Å². The Morgan fingerprint density at radius 2 is 2.00 bits per heavy atom. The summed E-state index contributed by atoms with van der Waals surface area (Å²) in [7, 11) is 0. The van der Waals surface area contributed by atoms with Crippen molar-refractivity contribution in [3.8, 4) is 5.75 Å². The van der Waals surface area contributed by atoms with Gasteiger partial charge in [-0.15, -0.1) is 0 Å². The molecule has 2 aromatic carbocycles. The third-order valence-corrected chi connectivity index (χ3v) is 4.88. The first-order valence-electron chi connectivity index (χ1n) is 9.10. The van der Waals surface area contributed by atoms with Gasteiger partial charge in [0, 0.05) is 48.7 Å². The minimum absolute atomic E-state index is 0.280. The molecular weight excluding hydrogens is 362 g/mol. The van der Waals surface area contributed by atoms with E-state index >= 15 is 0 Å². The van der Waals surface area contributed by atoms with Crippen molar-refractivity contribution < 1.29 is 18.6 Å². The summed E-state index contributed by atoms with van der Waals surface area (Å²) in [6.45, 7) is 1.83. The summed E-state index contributed by atoms with van der Waals surface area (Å²) in [4.78, 5) is 6.05. The molecule has 1 atom stereocenters. The molecule has 4 nitrogen and oxygen atoms in total. The van der Waals surface area contributed by atoms with Gasteiger partial charge >= 0.3 is 0 Å². The van der Waals surface area contributed by atoms with Crippen LogP contribution in [-0.2, 0) is 13.1 Å². The maximum absolute atomic E-state index is 14.0. The van der Waals surface area contributed by atoms with Crippen molar-refractivity contribution in [2.45, 2.75) is 19.2 Å². The first-order valence-corrected chi connectivity index (χ1v) is 9.10. The minimum Gasteiger partial charge on any atom is -0.492 e. The smallest absolute Gasteiger partial charge is 0.163 e. The van der Waals surface area contributed by atoms with Crippen LogP contribution in [0.25, 0.3) is 0 Å².